The van der Waals surface area contributed by atoms with E-state index in [0.29, 0.717) is 11.0 Å². The molecule has 1 saturated carbocycles. The number of hydrogen-bond acceptors (Lipinski definition) is 3. The Hall–Kier alpha value is -0.220. The van der Waals surface area contributed by atoms with Crippen molar-refractivity contribution in [2.75, 3.05) is 5.75 Å². The molecule has 1 saturated heterocycles. The van der Waals surface area contributed by atoms with E-state index in [2.05, 4.69) is 0 Å². The monoisotopic (exact) mass is 215 g/mol. The Balaban J connectivity index is 2.20. The van der Waals surface area contributed by atoms with Crippen LogP contribution in [0.1, 0.15) is 32.1 Å². The maximum Gasteiger partial charge on any atom is 0.309 e. The van der Waals surface area contributed by atoms with Crippen molar-refractivity contribution in [3.05, 3.63) is 0 Å². The van der Waals surface area contributed by atoms with Crippen molar-refractivity contribution >= 4 is 17.7 Å². The first-order valence-corrected chi connectivity index (χ1v) is 6.33. The summed E-state index contributed by atoms with van der Waals surface area (Å²) in [6.45, 7) is 0. The van der Waals surface area contributed by atoms with Crippen molar-refractivity contribution in [3.8, 4) is 0 Å². The van der Waals surface area contributed by atoms with Crippen LogP contribution in [0.5, 0.6) is 0 Å². The number of nitrogens with two attached hydrogens (primary N) is 1. The van der Waals surface area contributed by atoms with E-state index >= 15 is 0 Å². The normalized spacial score (nSPS) is 42.9. The van der Waals surface area contributed by atoms with Crippen LogP contribution >= 0.6 is 11.8 Å². The molecule has 0 bridgehead atoms. The average Bonchev–Trinajstić information content (AvgIpc) is 2.33. The zero-order valence-electron chi connectivity index (χ0n) is 8.24. The van der Waals surface area contributed by atoms with Gasteiger partial charge in [-0.15, -0.1) is 0 Å². The number of rotatable bonds is 1. The van der Waals surface area contributed by atoms with Gasteiger partial charge in [-0.2, -0.15) is 11.8 Å². The highest BCUT2D eigenvalue weighted by atomic mass is 32.2. The van der Waals surface area contributed by atoms with Gasteiger partial charge in [0.05, 0.1) is 5.92 Å². The minimum atomic E-state index is -0.704. The minimum absolute atomic E-state index is 0.324. The van der Waals surface area contributed by atoms with Gasteiger partial charge in [-0.1, -0.05) is 19.3 Å². The van der Waals surface area contributed by atoms with Gasteiger partial charge >= 0.3 is 5.97 Å². The van der Waals surface area contributed by atoms with Crippen molar-refractivity contribution in [1.29, 1.82) is 0 Å². The molecule has 3 unspecified atom stereocenters. The molecule has 1 heterocycles. The molecule has 3 nitrogen and oxygen atoms in total. The van der Waals surface area contributed by atoms with Crippen LogP contribution < -0.4 is 5.73 Å². The van der Waals surface area contributed by atoms with Gasteiger partial charge in [0.15, 0.2) is 0 Å². The Morgan fingerprint density at radius 3 is 2.93 bits per heavy atom. The van der Waals surface area contributed by atoms with Crippen LogP contribution in [0.4, 0.5) is 0 Å². The molecular formula is C10H17NO2S. The van der Waals surface area contributed by atoms with Crippen LogP contribution in [0.2, 0.25) is 0 Å². The molecule has 2 aliphatic rings. The summed E-state index contributed by atoms with van der Waals surface area (Å²) in [4.78, 5) is 11.1. The predicted molar refractivity (Wildman–Crippen MR) is 57.4 cm³/mol. The lowest BCUT2D eigenvalue weighted by molar-refractivity contribution is -0.143. The minimum Gasteiger partial charge on any atom is -0.481 e. The summed E-state index contributed by atoms with van der Waals surface area (Å²) in [6.07, 6.45) is 5.51. The number of aliphatic carboxylic acids is 1. The molecule has 0 aromatic heterocycles. The fraction of sp³-hybridized carbons (Fsp3) is 0.900. The first-order chi connectivity index (χ1) is 6.64. The second-order valence-corrected chi connectivity index (χ2v) is 5.66. The van der Waals surface area contributed by atoms with Gasteiger partial charge in [0.25, 0.3) is 0 Å². The van der Waals surface area contributed by atoms with Crippen molar-refractivity contribution < 1.29 is 9.90 Å². The summed E-state index contributed by atoms with van der Waals surface area (Å²) in [5.74, 6) is -0.323. The lowest BCUT2D eigenvalue weighted by Crippen LogP contribution is -2.53. The topological polar surface area (TPSA) is 63.3 Å². The third-order valence-electron chi connectivity index (χ3n) is 3.59. The van der Waals surface area contributed by atoms with E-state index in [9.17, 15) is 4.79 Å². The molecule has 2 rings (SSSR count). The highest BCUT2D eigenvalue weighted by molar-refractivity contribution is 8.00. The Morgan fingerprint density at radius 1 is 1.43 bits per heavy atom. The zero-order valence-corrected chi connectivity index (χ0v) is 9.05. The first kappa shape index (κ1) is 10.3. The summed E-state index contributed by atoms with van der Waals surface area (Å²) in [5.41, 5.74) is 5.88. The van der Waals surface area contributed by atoms with Gasteiger partial charge in [-0.3, -0.25) is 4.79 Å². The SMILES string of the molecule is NC12CCCCCC1SCC2C(=O)O. The second-order valence-electron chi connectivity index (χ2n) is 4.42. The lowest BCUT2D eigenvalue weighted by Gasteiger charge is -2.32. The molecule has 0 radical (unpaired) electrons. The molecule has 14 heavy (non-hydrogen) atoms. The molecule has 0 spiro atoms. The van der Waals surface area contributed by atoms with Crippen LogP contribution in [0, 0.1) is 5.92 Å². The number of hydrogen-bond donors (Lipinski definition) is 2. The van der Waals surface area contributed by atoms with Crippen molar-refractivity contribution in [2.45, 2.75) is 42.9 Å². The molecule has 80 valence electrons. The summed E-state index contributed by atoms with van der Waals surface area (Å²) in [5, 5.41) is 9.50. The quantitative estimate of drug-likeness (QED) is 0.695. The summed E-state index contributed by atoms with van der Waals surface area (Å²) in [7, 11) is 0. The number of fused-ring (bicyclic) bond motifs is 1. The number of carboxylic acid groups (broad SMARTS) is 1. The van der Waals surface area contributed by atoms with Gasteiger partial charge in [0.2, 0.25) is 0 Å². The van der Waals surface area contributed by atoms with E-state index in [1.54, 1.807) is 11.8 Å². The third kappa shape index (κ3) is 1.54. The predicted octanol–water partition coefficient (Wildman–Crippen LogP) is 1.46. The molecule has 1 aliphatic carbocycles. The Kier molecular flexibility index (Phi) is 2.75. The van der Waals surface area contributed by atoms with Gasteiger partial charge in [0, 0.05) is 16.5 Å². The third-order valence-corrected chi connectivity index (χ3v) is 5.19. The maximum absolute atomic E-state index is 11.1. The van der Waals surface area contributed by atoms with Crippen molar-refractivity contribution in [3.63, 3.8) is 0 Å². The van der Waals surface area contributed by atoms with Crippen LogP contribution in [0.25, 0.3) is 0 Å². The highest BCUT2D eigenvalue weighted by Gasteiger charge is 2.51. The van der Waals surface area contributed by atoms with Gasteiger partial charge in [0.1, 0.15) is 0 Å². The molecule has 4 heteroatoms. The van der Waals surface area contributed by atoms with Gasteiger partial charge < -0.3 is 10.8 Å². The van der Waals surface area contributed by atoms with Crippen LogP contribution in [0.3, 0.4) is 0 Å². The molecular weight excluding hydrogens is 198 g/mol. The smallest absolute Gasteiger partial charge is 0.309 e. The Morgan fingerprint density at radius 2 is 2.21 bits per heavy atom. The van der Waals surface area contributed by atoms with Crippen LogP contribution in [-0.2, 0) is 4.79 Å². The number of thioether (sulfide) groups is 1. The largest absolute Gasteiger partial charge is 0.481 e. The summed E-state index contributed by atoms with van der Waals surface area (Å²) >= 11 is 1.77. The second kappa shape index (κ2) is 3.74. The van der Waals surface area contributed by atoms with E-state index < -0.39 is 11.5 Å². The fourth-order valence-corrected chi connectivity index (χ4v) is 4.48. The zero-order chi connectivity index (χ0) is 10.2. The summed E-state index contributed by atoms with van der Waals surface area (Å²) < 4.78 is 0. The molecule has 0 amide bonds. The van der Waals surface area contributed by atoms with E-state index in [0.717, 1.165) is 19.3 Å². The van der Waals surface area contributed by atoms with E-state index in [1.807, 2.05) is 0 Å². The molecule has 3 atom stereocenters. The van der Waals surface area contributed by atoms with Crippen LogP contribution in [0.15, 0.2) is 0 Å². The van der Waals surface area contributed by atoms with Crippen molar-refractivity contribution in [1.82, 2.24) is 0 Å². The highest BCUT2D eigenvalue weighted by Crippen LogP contribution is 2.46. The van der Waals surface area contributed by atoms with Crippen molar-refractivity contribution in [2.24, 2.45) is 11.7 Å². The van der Waals surface area contributed by atoms with Crippen LogP contribution in [-0.4, -0.2) is 27.6 Å². The fourth-order valence-electron chi connectivity index (χ4n) is 2.67. The molecule has 3 N–H and O–H groups in total. The molecule has 2 fully saturated rings. The number of carboxylic acids is 1. The Labute approximate surface area is 88.4 Å². The summed E-state index contributed by atoms with van der Waals surface area (Å²) in [6, 6.07) is 0. The standard InChI is InChI=1S/C10H17NO2S/c11-10-5-3-1-2-4-8(10)14-6-7(10)9(12)13/h7-8H,1-6,11H2,(H,12,13). The Bertz CT molecular complexity index is 246. The maximum atomic E-state index is 11.1. The van der Waals surface area contributed by atoms with E-state index in [4.69, 9.17) is 10.8 Å². The molecule has 1 aliphatic heterocycles. The average molecular weight is 215 g/mol. The molecule has 0 aromatic rings. The van der Waals surface area contributed by atoms with Gasteiger partial charge in [-0.25, -0.2) is 0 Å². The first-order valence-electron chi connectivity index (χ1n) is 5.28. The van der Waals surface area contributed by atoms with Gasteiger partial charge in [-0.05, 0) is 12.8 Å². The van der Waals surface area contributed by atoms with E-state index in [-0.39, 0.29) is 5.92 Å². The number of carbonyl (C=O) groups is 1. The van der Waals surface area contributed by atoms with E-state index in [1.165, 1.54) is 12.8 Å². The molecule has 0 aromatic carbocycles. The lowest BCUT2D eigenvalue weighted by atomic mass is 9.80.